The second-order valence-corrected chi connectivity index (χ2v) is 3.74. The van der Waals surface area contributed by atoms with Crippen molar-refractivity contribution >= 4 is 0 Å². The van der Waals surface area contributed by atoms with Gasteiger partial charge in [0.2, 0.25) is 0 Å². The van der Waals surface area contributed by atoms with E-state index < -0.39 is 11.6 Å². The van der Waals surface area contributed by atoms with E-state index in [-0.39, 0.29) is 11.8 Å². The predicted octanol–water partition coefficient (Wildman–Crippen LogP) is 2.73. The van der Waals surface area contributed by atoms with Gasteiger partial charge < -0.3 is 10.1 Å². The van der Waals surface area contributed by atoms with Gasteiger partial charge in [-0.15, -0.1) is 0 Å². The normalized spacial score (nSPS) is 12.5. The van der Waals surface area contributed by atoms with Gasteiger partial charge in [-0.25, -0.2) is 8.78 Å². The Kier molecular flexibility index (Phi) is 5.19. The molecule has 1 N–H and O–H groups in total. The molecule has 0 saturated heterocycles. The van der Waals surface area contributed by atoms with Crippen LogP contribution in [-0.4, -0.2) is 19.2 Å². The molecule has 90 valence electrons. The molecule has 0 radical (unpaired) electrons. The van der Waals surface area contributed by atoms with Crippen molar-refractivity contribution in [3.8, 4) is 5.75 Å². The second kappa shape index (κ2) is 6.43. The molecule has 1 aromatic rings. The summed E-state index contributed by atoms with van der Waals surface area (Å²) < 4.78 is 31.0. The Hall–Kier alpha value is -1.16. The molecule has 1 atom stereocenters. The van der Waals surface area contributed by atoms with Crippen molar-refractivity contribution in [2.24, 2.45) is 0 Å². The summed E-state index contributed by atoms with van der Waals surface area (Å²) in [5, 5.41) is 3.21. The average Bonchev–Trinajstić information content (AvgIpc) is 2.25. The van der Waals surface area contributed by atoms with Gasteiger partial charge in [0.05, 0.1) is 0 Å². The van der Waals surface area contributed by atoms with E-state index in [1.54, 1.807) is 0 Å². The van der Waals surface area contributed by atoms with Crippen LogP contribution in [0.15, 0.2) is 18.2 Å². The number of benzene rings is 1. The van der Waals surface area contributed by atoms with Crippen LogP contribution >= 0.6 is 0 Å². The molecule has 4 heteroatoms. The van der Waals surface area contributed by atoms with Crippen LogP contribution in [0, 0.1) is 11.6 Å². The number of hydrogen-bond acceptors (Lipinski definition) is 2. The Labute approximate surface area is 94.6 Å². The number of halogens is 2. The molecule has 0 spiro atoms. The molecule has 0 aliphatic heterocycles. The zero-order valence-electron chi connectivity index (χ0n) is 9.59. The van der Waals surface area contributed by atoms with Crippen molar-refractivity contribution < 1.29 is 13.5 Å². The number of nitrogens with one attached hydrogen (secondary N) is 1. The lowest BCUT2D eigenvalue weighted by Crippen LogP contribution is -2.32. The van der Waals surface area contributed by atoms with Crippen LogP contribution in [0.4, 0.5) is 8.78 Å². The molecular formula is C12H17F2NO. The van der Waals surface area contributed by atoms with E-state index in [4.69, 9.17) is 4.74 Å². The van der Waals surface area contributed by atoms with E-state index in [1.807, 2.05) is 6.92 Å². The molecule has 0 heterocycles. The molecule has 0 aliphatic rings. The number of rotatable bonds is 6. The summed E-state index contributed by atoms with van der Waals surface area (Å²) in [6.45, 7) is 5.29. The van der Waals surface area contributed by atoms with E-state index in [9.17, 15) is 8.78 Å². The highest BCUT2D eigenvalue weighted by Crippen LogP contribution is 2.17. The molecular weight excluding hydrogens is 212 g/mol. The predicted molar refractivity (Wildman–Crippen MR) is 59.6 cm³/mol. The fourth-order valence-corrected chi connectivity index (χ4v) is 1.26. The smallest absolute Gasteiger partial charge is 0.167 e. The second-order valence-electron chi connectivity index (χ2n) is 3.74. The molecule has 16 heavy (non-hydrogen) atoms. The molecule has 0 aliphatic carbocycles. The third-order valence-electron chi connectivity index (χ3n) is 2.13. The van der Waals surface area contributed by atoms with Crippen LogP contribution in [0.25, 0.3) is 0 Å². The largest absolute Gasteiger partial charge is 0.489 e. The van der Waals surface area contributed by atoms with Crippen LogP contribution < -0.4 is 10.1 Å². The van der Waals surface area contributed by atoms with Gasteiger partial charge in [-0.2, -0.15) is 0 Å². The van der Waals surface area contributed by atoms with Crippen molar-refractivity contribution in [3.05, 3.63) is 29.8 Å². The van der Waals surface area contributed by atoms with Crippen LogP contribution in [0.5, 0.6) is 5.75 Å². The standard InChI is InChI=1S/C12H17F2NO/c1-3-6-15-9(2)8-16-12-5-4-10(13)7-11(12)14/h4-5,7,9,15H,3,6,8H2,1-2H3. The van der Waals surface area contributed by atoms with Gasteiger partial charge in [0, 0.05) is 12.1 Å². The molecule has 0 aromatic heterocycles. The Balaban J connectivity index is 2.42. The van der Waals surface area contributed by atoms with Crippen LogP contribution in [0.2, 0.25) is 0 Å². The first-order valence-corrected chi connectivity index (χ1v) is 5.44. The summed E-state index contributed by atoms with van der Waals surface area (Å²) in [6, 6.07) is 3.45. The molecule has 0 bridgehead atoms. The molecule has 1 aromatic carbocycles. The molecule has 0 fully saturated rings. The SMILES string of the molecule is CCCNC(C)COc1ccc(F)cc1F. The van der Waals surface area contributed by atoms with Crippen molar-refractivity contribution in [2.45, 2.75) is 26.3 Å². The van der Waals surface area contributed by atoms with Gasteiger partial charge in [0.15, 0.2) is 11.6 Å². The summed E-state index contributed by atoms with van der Waals surface area (Å²) >= 11 is 0. The highest BCUT2D eigenvalue weighted by Gasteiger charge is 2.07. The van der Waals surface area contributed by atoms with Crippen molar-refractivity contribution in [1.29, 1.82) is 0 Å². The lowest BCUT2D eigenvalue weighted by molar-refractivity contribution is 0.262. The summed E-state index contributed by atoms with van der Waals surface area (Å²) in [5.74, 6) is -1.17. The summed E-state index contributed by atoms with van der Waals surface area (Å²) in [6.07, 6.45) is 1.04. The van der Waals surface area contributed by atoms with Crippen molar-refractivity contribution in [1.82, 2.24) is 5.32 Å². The van der Waals surface area contributed by atoms with Crippen LogP contribution in [0.1, 0.15) is 20.3 Å². The topological polar surface area (TPSA) is 21.3 Å². The molecule has 0 saturated carbocycles. The van der Waals surface area contributed by atoms with E-state index >= 15 is 0 Å². The van der Waals surface area contributed by atoms with Gasteiger partial charge in [-0.3, -0.25) is 0 Å². The van der Waals surface area contributed by atoms with Gasteiger partial charge in [0.1, 0.15) is 12.4 Å². The average molecular weight is 229 g/mol. The van der Waals surface area contributed by atoms with E-state index in [1.165, 1.54) is 12.1 Å². The van der Waals surface area contributed by atoms with Crippen molar-refractivity contribution in [2.75, 3.05) is 13.2 Å². The minimum absolute atomic E-state index is 0.0894. The fourth-order valence-electron chi connectivity index (χ4n) is 1.26. The molecule has 2 nitrogen and oxygen atoms in total. The first-order chi connectivity index (χ1) is 7.63. The molecule has 0 amide bonds. The summed E-state index contributed by atoms with van der Waals surface area (Å²) in [5.41, 5.74) is 0. The van der Waals surface area contributed by atoms with Gasteiger partial charge in [-0.05, 0) is 32.0 Å². The van der Waals surface area contributed by atoms with Crippen molar-refractivity contribution in [3.63, 3.8) is 0 Å². The molecule has 1 rings (SSSR count). The fraction of sp³-hybridized carbons (Fsp3) is 0.500. The highest BCUT2D eigenvalue weighted by atomic mass is 19.1. The first kappa shape index (κ1) is 12.9. The van der Waals surface area contributed by atoms with E-state index in [2.05, 4.69) is 12.2 Å². The third kappa shape index (κ3) is 4.14. The van der Waals surface area contributed by atoms with E-state index in [0.717, 1.165) is 19.0 Å². The van der Waals surface area contributed by atoms with Gasteiger partial charge in [-0.1, -0.05) is 6.92 Å². The maximum Gasteiger partial charge on any atom is 0.167 e. The van der Waals surface area contributed by atoms with Crippen LogP contribution in [-0.2, 0) is 0 Å². The third-order valence-corrected chi connectivity index (χ3v) is 2.13. The Morgan fingerprint density at radius 3 is 2.75 bits per heavy atom. The first-order valence-electron chi connectivity index (χ1n) is 5.44. The highest BCUT2D eigenvalue weighted by molar-refractivity contribution is 5.24. The lowest BCUT2D eigenvalue weighted by atomic mass is 10.3. The van der Waals surface area contributed by atoms with Gasteiger partial charge >= 0.3 is 0 Å². The van der Waals surface area contributed by atoms with Gasteiger partial charge in [0.25, 0.3) is 0 Å². The quantitative estimate of drug-likeness (QED) is 0.809. The summed E-state index contributed by atoms with van der Waals surface area (Å²) in [7, 11) is 0. The summed E-state index contributed by atoms with van der Waals surface area (Å²) in [4.78, 5) is 0. The maximum atomic E-state index is 13.2. The number of ether oxygens (including phenoxy) is 1. The Bertz CT molecular complexity index is 331. The number of hydrogen-bond donors (Lipinski definition) is 1. The maximum absolute atomic E-state index is 13.2. The van der Waals surface area contributed by atoms with Crippen LogP contribution in [0.3, 0.4) is 0 Å². The molecule has 1 unspecified atom stereocenters. The zero-order chi connectivity index (χ0) is 12.0. The zero-order valence-corrected chi connectivity index (χ0v) is 9.59. The Morgan fingerprint density at radius 2 is 2.12 bits per heavy atom. The van der Waals surface area contributed by atoms with E-state index in [0.29, 0.717) is 6.61 Å². The Morgan fingerprint density at radius 1 is 1.38 bits per heavy atom. The minimum Gasteiger partial charge on any atom is -0.489 e. The monoisotopic (exact) mass is 229 g/mol. The minimum atomic E-state index is -0.664. The lowest BCUT2D eigenvalue weighted by Gasteiger charge is -2.14.